The van der Waals surface area contributed by atoms with E-state index in [1.807, 2.05) is 49.2 Å². The molecule has 1 heterocycles. The van der Waals surface area contributed by atoms with Gasteiger partial charge in [-0.3, -0.25) is 15.0 Å². The number of nitrogens with zero attached hydrogens (tertiary/aromatic N) is 3. The Bertz CT molecular complexity index is 811. The number of nitro groups is 1. The Labute approximate surface area is 133 Å². The summed E-state index contributed by atoms with van der Waals surface area (Å²) in [5.74, 6) is 0.631. The predicted octanol–water partition coefficient (Wildman–Crippen LogP) is 3.93. The van der Waals surface area contributed by atoms with Crippen molar-refractivity contribution in [3.8, 4) is 0 Å². The van der Waals surface area contributed by atoms with Crippen LogP contribution in [0.5, 0.6) is 0 Å². The number of fused-ring (bicyclic) bond motifs is 1. The van der Waals surface area contributed by atoms with Crippen LogP contribution in [0.1, 0.15) is 24.4 Å². The lowest BCUT2D eigenvalue weighted by molar-refractivity contribution is -0.384. The van der Waals surface area contributed by atoms with Gasteiger partial charge in [-0.05, 0) is 31.7 Å². The van der Waals surface area contributed by atoms with Gasteiger partial charge in [-0.2, -0.15) is 0 Å². The van der Waals surface area contributed by atoms with Gasteiger partial charge in [0.05, 0.1) is 11.5 Å². The van der Waals surface area contributed by atoms with E-state index in [0.717, 1.165) is 16.7 Å². The molecule has 23 heavy (non-hydrogen) atoms. The number of nitro benzene ring substituents is 1. The Kier molecular flexibility index (Phi) is 4.08. The molecule has 0 fully saturated rings. The zero-order chi connectivity index (χ0) is 16.4. The van der Waals surface area contributed by atoms with E-state index in [2.05, 4.69) is 4.98 Å². The molecule has 2 aromatic carbocycles. The first-order valence-corrected chi connectivity index (χ1v) is 7.33. The highest BCUT2D eigenvalue weighted by Crippen LogP contribution is 2.25. The lowest BCUT2D eigenvalue weighted by Gasteiger charge is -2.23. The summed E-state index contributed by atoms with van der Waals surface area (Å²) in [6, 6.07) is 14.3. The average Bonchev–Trinajstić information content (AvgIpc) is 2.96. The van der Waals surface area contributed by atoms with Crippen molar-refractivity contribution in [1.82, 2.24) is 9.88 Å². The molecule has 3 aromatic rings. The molecule has 6 heteroatoms. The van der Waals surface area contributed by atoms with Crippen LogP contribution in [0.25, 0.3) is 11.1 Å². The number of hydrogen-bond donors (Lipinski definition) is 0. The molecule has 1 atom stereocenters. The van der Waals surface area contributed by atoms with Crippen LogP contribution in [-0.4, -0.2) is 21.9 Å². The summed E-state index contributed by atoms with van der Waals surface area (Å²) in [5, 5.41) is 10.9. The maximum atomic E-state index is 10.9. The molecular formula is C17H17N3O3. The van der Waals surface area contributed by atoms with Gasteiger partial charge < -0.3 is 4.42 Å². The summed E-state index contributed by atoms with van der Waals surface area (Å²) in [6.45, 7) is 2.53. The van der Waals surface area contributed by atoms with Crippen molar-refractivity contribution in [1.29, 1.82) is 0 Å². The summed E-state index contributed by atoms with van der Waals surface area (Å²) in [5.41, 5.74) is 2.58. The highest BCUT2D eigenvalue weighted by atomic mass is 16.6. The molecule has 0 aliphatic heterocycles. The largest absolute Gasteiger partial charge is 0.439 e. The second-order valence-electron chi connectivity index (χ2n) is 5.52. The second-order valence-corrected chi connectivity index (χ2v) is 5.52. The number of rotatable bonds is 5. The van der Waals surface area contributed by atoms with E-state index >= 15 is 0 Å². The van der Waals surface area contributed by atoms with Crippen LogP contribution in [0.4, 0.5) is 5.69 Å². The van der Waals surface area contributed by atoms with Gasteiger partial charge in [-0.25, -0.2) is 4.98 Å². The molecule has 1 unspecified atom stereocenters. The fourth-order valence-corrected chi connectivity index (χ4v) is 2.49. The predicted molar refractivity (Wildman–Crippen MR) is 87.0 cm³/mol. The van der Waals surface area contributed by atoms with E-state index in [0.29, 0.717) is 12.4 Å². The van der Waals surface area contributed by atoms with E-state index in [9.17, 15) is 10.1 Å². The van der Waals surface area contributed by atoms with Gasteiger partial charge in [-0.15, -0.1) is 0 Å². The van der Waals surface area contributed by atoms with Crippen LogP contribution in [0.3, 0.4) is 0 Å². The smallest absolute Gasteiger partial charge is 0.269 e. The third-order valence-electron chi connectivity index (χ3n) is 3.95. The molecule has 1 aromatic heterocycles. The van der Waals surface area contributed by atoms with E-state index in [-0.39, 0.29) is 16.7 Å². The number of para-hydroxylation sites is 2. The molecule has 0 amide bonds. The molecule has 0 aliphatic carbocycles. The summed E-state index contributed by atoms with van der Waals surface area (Å²) in [7, 11) is 1.94. The third-order valence-corrected chi connectivity index (χ3v) is 3.95. The molecule has 0 N–H and O–H groups in total. The third kappa shape index (κ3) is 3.22. The Hall–Kier alpha value is -2.73. The van der Waals surface area contributed by atoms with Gasteiger partial charge in [0.1, 0.15) is 5.52 Å². The fraction of sp³-hybridized carbons (Fsp3) is 0.235. The summed E-state index contributed by atoms with van der Waals surface area (Å²) in [4.78, 5) is 17.0. The van der Waals surface area contributed by atoms with E-state index in [1.54, 1.807) is 12.1 Å². The average molecular weight is 311 g/mol. The Balaban J connectivity index is 1.78. The number of aromatic nitrogens is 1. The molecule has 0 aliphatic rings. The van der Waals surface area contributed by atoms with E-state index < -0.39 is 0 Å². The quantitative estimate of drug-likeness (QED) is 0.527. The van der Waals surface area contributed by atoms with Crippen molar-refractivity contribution in [2.75, 3.05) is 7.05 Å². The Morgan fingerprint density at radius 3 is 2.78 bits per heavy atom. The van der Waals surface area contributed by atoms with Crippen molar-refractivity contribution in [3.63, 3.8) is 0 Å². The topological polar surface area (TPSA) is 72.4 Å². The molecule has 0 radical (unpaired) electrons. The van der Waals surface area contributed by atoms with Crippen LogP contribution in [-0.2, 0) is 6.54 Å². The number of hydrogen-bond acceptors (Lipinski definition) is 5. The van der Waals surface area contributed by atoms with Crippen LogP contribution in [0.15, 0.2) is 52.9 Å². The molecule has 0 spiro atoms. The lowest BCUT2D eigenvalue weighted by atomic mass is 10.1. The first kappa shape index (κ1) is 15.2. The molecule has 0 bridgehead atoms. The maximum absolute atomic E-state index is 10.9. The highest BCUT2D eigenvalue weighted by Gasteiger charge is 2.17. The first-order valence-electron chi connectivity index (χ1n) is 7.33. The van der Waals surface area contributed by atoms with E-state index in [4.69, 9.17) is 4.42 Å². The van der Waals surface area contributed by atoms with Crippen LogP contribution < -0.4 is 0 Å². The van der Waals surface area contributed by atoms with E-state index in [1.165, 1.54) is 6.07 Å². The van der Waals surface area contributed by atoms with Crippen molar-refractivity contribution in [3.05, 3.63) is 70.1 Å². The van der Waals surface area contributed by atoms with Gasteiger partial charge in [0, 0.05) is 18.2 Å². The zero-order valence-electron chi connectivity index (χ0n) is 13.0. The molecular weight excluding hydrogens is 294 g/mol. The molecule has 0 saturated carbocycles. The summed E-state index contributed by atoms with van der Waals surface area (Å²) in [6.07, 6.45) is 0. The standard InChI is InChI=1S/C17H17N3O3/c1-12(13-6-5-7-14(10-13)20(21)22)19(2)11-17-18-15-8-3-4-9-16(15)23-17/h3-10,12H,11H2,1-2H3. The minimum atomic E-state index is -0.378. The van der Waals surface area contributed by atoms with Gasteiger partial charge in [0.15, 0.2) is 5.58 Å². The van der Waals surface area contributed by atoms with Crippen molar-refractivity contribution >= 4 is 16.8 Å². The SMILES string of the molecule is CC(c1cccc([N+](=O)[O-])c1)N(C)Cc1nc2ccccc2o1. The Morgan fingerprint density at radius 1 is 1.26 bits per heavy atom. The van der Waals surface area contributed by atoms with Crippen LogP contribution in [0, 0.1) is 10.1 Å². The highest BCUT2D eigenvalue weighted by molar-refractivity contribution is 5.72. The van der Waals surface area contributed by atoms with Gasteiger partial charge >= 0.3 is 0 Å². The monoisotopic (exact) mass is 311 g/mol. The van der Waals surface area contributed by atoms with Crippen LogP contribution in [0.2, 0.25) is 0 Å². The molecule has 0 saturated heterocycles. The first-order chi connectivity index (χ1) is 11.0. The summed E-state index contributed by atoms with van der Waals surface area (Å²) >= 11 is 0. The molecule has 6 nitrogen and oxygen atoms in total. The second kappa shape index (κ2) is 6.18. The van der Waals surface area contributed by atoms with Gasteiger partial charge in [0.25, 0.3) is 5.69 Å². The minimum absolute atomic E-state index is 0.00455. The normalized spacial score (nSPS) is 12.7. The Morgan fingerprint density at radius 2 is 2.04 bits per heavy atom. The number of oxazole rings is 1. The van der Waals surface area contributed by atoms with Crippen LogP contribution >= 0.6 is 0 Å². The lowest BCUT2D eigenvalue weighted by Crippen LogP contribution is -2.22. The molecule has 3 rings (SSSR count). The fourth-order valence-electron chi connectivity index (χ4n) is 2.49. The zero-order valence-corrected chi connectivity index (χ0v) is 13.0. The number of benzene rings is 2. The van der Waals surface area contributed by atoms with Crippen molar-refractivity contribution < 1.29 is 9.34 Å². The molecule has 118 valence electrons. The number of non-ortho nitro benzene ring substituents is 1. The summed E-state index contributed by atoms with van der Waals surface area (Å²) < 4.78 is 5.73. The van der Waals surface area contributed by atoms with Gasteiger partial charge in [-0.1, -0.05) is 24.3 Å². The van der Waals surface area contributed by atoms with Gasteiger partial charge in [0.2, 0.25) is 5.89 Å². The maximum Gasteiger partial charge on any atom is 0.269 e. The van der Waals surface area contributed by atoms with Crippen molar-refractivity contribution in [2.45, 2.75) is 19.5 Å². The minimum Gasteiger partial charge on any atom is -0.439 e. The van der Waals surface area contributed by atoms with Crippen molar-refractivity contribution in [2.24, 2.45) is 0 Å².